The molecule has 0 radical (unpaired) electrons. The van der Waals surface area contributed by atoms with E-state index < -0.39 is 0 Å². The molecule has 17 heavy (non-hydrogen) atoms. The van der Waals surface area contributed by atoms with Crippen LogP contribution in [0.2, 0.25) is 0 Å². The van der Waals surface area contributed by atoms with E-state index in [4.69, 9.17) is 0 Å². The average molecular weight is 229 g/mol. The topological polar surface area (TPSA) is 41.6 Å². The molecule has 2 rings (SSSR count). The number of aromatic amines is 1. The zero-order valence-electron chi connectivity index (χ0n) is 10.9. The lowest BCUT2D eigenvalue weighted by Crippen LogP contribution is -2.04. The molecule has 1 aromatic heterocycles. The Morgan fingerprint density at radius 1 is 1.18 bits per heavy atom. The Bertz CT molecular complexity index is 477. The van der Waals surface area contributed by atoms with Gasteiger partial charge in [0.1, 0.15) is 0 Å². The molecule has 0 aliphatic carbocycles. The van der Waals surface area contributed by atoms with Crippen LogP contribution in [0.15, 0.2) is 18.3 Å². The molecule has 0 spiro atoms. The van der Waals surface area contributed by atoms with Crippen molar-refractivity contribution in [3.05, 3.63) is 46.3 Å². The van der Waals surface area contributed by atoms with E-state index in [1.165, 1.54) is 22.3 Å². The fourth-order valence-corrected chi connectivity index (χ4v) is 2.71. The Kier molecular flexibility index (Phi) is 3.27. The SMILES string of the molecule is Cc1cc(C)c(C(C)Cc2cn[nH]n2)c(C)c1. The number of aryl methyl sites for hydroxylation is 3. The number of nitrogens with zero attached hydrogens (tertiary/aromatic N) is 2. The Morgan fingerprint density at radius 2 is 1.82 bits per heavy atom. The van der Waals surface area contributed by atoms with Crippen molar-refractivity contribution >= 4 is 0 Å². The minimum Gasteiger partial charge on any atom is -0.198 e. The third kappa shape index (κ3) is 2.54. The highest BCUT2D eigenvalue weighted by atomic mass is 15.3. The first kappa shape index (κ1) is 11.8. The number of hydrogen-bond donors (Lipinski definition) is 1. The molecule has 90 valence electrons. The number of nitrogens with one attached hydrogen (secondary N) is 1. The third-order valence-electron chi connectivity index (χ3n) is 3.21. The summed E-state index contributed by atoms with van der Waals surface area (Å²) in [5, 5.41) is 10.6. The van der Waals surface area contributed by atoms with Gasteiger partial charge < -0.3 is 0 Å². The van der Waals surface area contributed by atoms with E-state index in [0.717, 1.165) is 12.1 Å². The van der Waals surface area contributed by atoms with Gasteiger partial charge in [0.15, 0.2) is 0 Å². The number of rotatable bonds is 3. The van der Waals surface area contributed by atoms with Crippen molar-refractivity contribution in [3.8, 4) is 0 Å². The van der Waals surface area contributed by atoms with Crippen molar-refractivity contribution in [3.63, 3.8) is 0 Å². The molecule has 0 saturated carbocycles. The van der Waals surface area contributed by atoms with Gasteiger partial charge in [0.05, 0.1) is 11.9 Å². The highest BCUT2D eigenvalue weighted by Crippen LogP contribution is 2.27. The summed E-state index contributed by atoms with van der Waals surface area (Å²) in [6.45, 7) is 8.77. The summed E-state index contributed by atoms with van der Waals surface area (Å²) in [6, 6.07) is 4.50. The maximum Gasteiger partial charge on any atom is 0.0830 e. The van der Waals surface area contributed by atoms with Crippen molar-refractivity contribution in [2.75, 3.05) is 0 Å². The van der Waals surface area contributed by atoms with Gasteiger partial charge in [0.2, 0.25) is 0 Å². The molecule has 1 atom stereocenters. The fourth-order valence-electron chi connectivity index (χ4n) is 2.71. The second-order valence-corrected chi connectivity index (χ2v) is 4.88. The van der Waals surface area contributed by atoms with E-state index in [1.54, 1.807) is 6.20 Å². The molecule has 0 fully saturated rings. The number of benzene rings is 1. The van der Waals surface area contributed by atoms with Crippen molar-refractivity contribution in [1.82, 2.24) is 15.4 Å². The molecule has 0 saturated heterocycles. The minimum atomic E-state index is 0.473. The van der Waals surface area contributed by atoms with Crippen LogP contribution < -0.4 is 0 Å². The summed E-state index contributed by atoms with van der Waals surface area (Å²) in [4.78, 5) is 0. The van der Waals surface area contributed by atoms with Crippen LogP contribution in [0.5, 0.6) is 0 Å². The molecule has 3 nitrogen and oxygen atoms in total. The molecule has 0 aliphatic rings. The van der Waals surface area contributed by atoms with Crippen molar-refractivity contribution < 1.29 is 0 Å². The average Bonchev–Trinajstić information content (AvgIpc) is 2.68. The summed E-state index contributed by atoms with van der Waals surface area (Å²) in [6.07, 6.45) is 2.73. The molecular weight excluding hydrogens is 210 g/mol. The Hall–Kier alpha value is -1.64. The van der Waals surface area contributed by atoms with Gasteiger partial charge in [-0.25, -0.2) is 0 Å². The molecule has 1 aromatic carbocycles. The van der Waals surface area contributed by atoms with Gasteiger partial charge in [-0.3, -0.25) is 0 Å². The van der Waals surface area contributed by atoms with Gasteiger partial charge in [-0.2, -0.15) is 15.4 Å². The zero-order chi connectivity index (χ0) is 12.4. The Morgan fingerprint density at radius 3 is 2.35 bits per heavy atom. The van der Waals surface area contributed by atoms with Gasteiger partial charge in [-0.1, -0.05) is 24.6 Å². The quantitative estimate of drug-likeness (QED) is 0.878. The number of H-pyrrole nitrogens is 1. The van der Waals surface area contributed by atoms with Crippen molar-refractivity contribution in [2.45, 2.75) is 40.0 Å². The van der Waals surface area contributed by atoms with Crippen LogP contribution >= 0.6 is 0 Å². The molecule has 2 aromatic rings. The predicted octanol–water partition coefficient (Wildman–Crippen LogP) is 3.08. The molecule has 0 bridgehead atoms. The van der Waals surface area contributed by atoms with Crippen LogP contribution in [-0.2, 0) is 6.42 Å². The molecule has 1 heterocycles. The van der Waals surface area contributed by atoms with Crippen LogP contribution in [0.25, 0.3) is 0 Å². The molecule has 1 N–H and O–H groups in total. The van der Waals surface area contributed by atoms with Crippen LogP contribution in [-0.4, -0.2) is 15.4 Å². The van der Waals surface area contributed by atoms with E-state index >= 15 is 0 Å². The van der Waals surface area contributed by atoms with Crippen LogP contribution in [0.1, 0.15) is 40.8 Å². The van der Waals surface area contributed by atoms with Gasteiger partial charge >= 0.3 is 0 Å². The molecule has 1 unspecified atom stereocenters. The third-order valence-corrected chi connectivity index (χ3v) is 3.21. The smallest absolute Gasteiger partial charge is 0.0830 e. The van der Waals surface area contributed by atoms with Crippen LogP contribution in [0, 0.1) is 20.8 Å². The summed E-state index contributed by atoms with van der Waals surface area (Å²) in [5.74, 6) is 0.473. The Balaban J connectivity index is 2.27. The van der Waals surface area contributed by atoms with Gasteiger partial charge in [0, 0.05) is 0 Å². The summed E-state index contributed by atoms with van der Waals surface area (Å²) >= 11 is 0. The normalized spacial score (nSPS) is 12.7. The minimum absolute atomic E-state index is 0.473. The highest BCUT2D eigenvalue weighted by molar-refractivity contribution is 5.40. The second kappa shape index (κ2) is 4.70. The Labute approximate surface area is 102 Å². The van der Waals surface area contributed by atoms with Crippen LogP contribution in [0.4, 0.5) is 0 Å². The first-order valence-electron chi connectivity index (χ1n) is 6.00. The number of aromatic nitrogens is 3. The van der Waals surface area contributed by atoms with E-state index in [2.05, 4.69) is 55.2 Å². The van der Waals surface area contributed by atoms with E-state index in [-0.39, 0.29) is 0 Å². The molecule has 0 amide bonds. The largest absolute Gasteiger partial charge is 0.198 e. The van der Waals surface area contributed by atoms with Crippen molar-refractivity contribution in [1.29, 1.82) is 0 Å². The summed E-state index contributed by atoms with van der Waals surface area (Å²) < 4.78 is 0. The maximum absolute atomic E-state index is 4.12. The standard InChI is InChI=1S/C14H19N3/c1-9-5-10(2)14(11(3)6-9)12(4)7-13-8-15-17-16-13/h5-6,8,12H,7H2,1-4H3,(H,15,16,17). The van der Waals surface area contributed by atoms with Gasteiger partial charge in [-0.05, 0) is 49.8 Å². The highest BCUT2D eigenvalue weighted by Gasteiger charge is 2.13. The first-order chi connectivity index (χ1) is 8.08. The van der Waals surface area contributed by atoms with E-state index in [0.29, 0.717) is 5.92 Å². The zero-order valence-corrected chi connectivity index (χ0v) is 10.9. The fraction of sp³-hybridized carbons (Fsp3) is 0.429. The lowest BCUT2D eigenvalue weighted by Gasteiger charge is -2.17. The lowest BCUT2D eigenvalue weighted by molar-refractivity contribution is 0.725. The van der Waals surface area contributed by atoms with Gasteiger partial charge in [0.25, 0.3) is 0 Å². The lowest BCUT2D eigenvalue weighted by atomic mass is 9.88. The van der Waals surface area contributed by atoms with Crippen molar-refractivity contribution in [2.24, 2.45) is 0 Å². The van der Waals surface area contributed by atoms with E-state index in [1.807, 2.05) is 0 Å². The van der Waals surface area contributed by atoms with Crippen LogP contribution in [0.3, 0.4) is 0 Å². The second-order valence-electron chi connectivity index (χ2n) is 4.88. The summed E-state index contributed by atoms with van der Waals surface area (Å²) in [5.41, 5.74) is 6.55. The molecular formula is C14H19N3. The summed E-state index contributed by atoms with van der Waals surface area (Å²) in [7, 11) is 0. The molecule has 3 heteroatoms. The molecule has 0 aliphatic heterocycles. The predicted molar refractivity (Wildman–Crippen MR) is 69.2 cm³/mol. The number of hydrogen-bond acceptors (Lipinski definition) is 2. The van der Waals surface area contributed by atoms with Gasteiger partial charge in [-0.15, -0.1) is 0 Å². The maximum atomic E-state index is 4.12. The monoisotopic (exact) mass is 229 g/mol. The first-order valence-corrected chi connectivity index (χ1v) is 6.00. The van der Waals surface area contributed by atoms with E-state index in [9.17, 15) is 0 Å².